The molecule has 0 bridgehead atoms. The Morgan fingerprint density at radius 1 is 1.45 bits per heavy atom. The molecule has 1 spiro atoms. The molecule has 2 aliphatic heterocycles. The van der Waals surface area contributed by atoms with E-state index in [1.807, 2.05) is 0 Å². The Morgan fingerprint density at radius 2 is 2.14 bits per heavy atom. The lowest BCUT2D eigenvalue weighted by atomic mass is 9.58. The van der Waals surface area contributed by atoms with E-state index in [2.05, 4.69) is 6.58 Å². The number of allylic oxidation sites excluding steroid dienone is 1. The first-order valence-corrected chi connectivity index (χ1v) is 9.80. The van der Waals surface area contributed by atoms with Gasteiger partial charge in [0.05, 0.1) is 31.5 Å². The van der Waals surface area contributed by atoms with Crippen LogP contribution in [0.3, 0.4) is 0 Å². The molecule has 29 heavy (non-hydrogen) atoms. The topological polar surface area (TPSA) is 119 Å². The van der Waals surface area contributed by atoms with Crippen molar-refractivity contribution in [3.8, 4) is 0 Å². The minimum absolute atomic E-state index is 0.0889. The maximum Gasteiger partial charge on any atom is 0.313 e. The van der Waals surface area contributed by atoms with E-state index in [1.54, 1.807) is 19.9 Å². The summed E-state index contributed by atoms with van der Waals surface area (Å²) in [7, 11) is 1.27. The quantitative estimate of drug-likeness (QED) is 0.397. The molecule has 4 rings (SSSR count). The lowest BCUT2D eigenvalue weighted by Crippen LogP contribution is -2.60. The highest BCUT2D eigenvalue weighted by atomic mass is 16.6. The summed E-state index contributed by atoms with van der Waals surface area (Å²) in [5.41, 5.74) is -1.89. The fourth-order valence-corrected chi connectivity index (χ4v) is 5.99. The van der Waals surface area contributed by atoms with Crippen LogP contribution in [0.2, 0.25) is 0 Å². The summed E-state index contributed by atoms with van der Waals surface area (Å²) in [6.45, 7) is 7.30. The Balaban J connectivity index is 1.93. The second-order valence-electron chi connectivity index (χ2n) is 8.91. The van der Waals surface area contributed by atoms with E-state index in [4.69, 9.17) is 14.2 Å². The van der Waals surface area contributed by atoms with Gasteiger partial charge in [0, 0.05) is 24.2 Å². The highest BCUT2D eigenvalue weighted by Gasteiger charge is 2.73. The number of esters is 3. The summed E-state index contributed by atoms with van der Waals surface area (Å²) in [6, 6.07) is 0. The normalized spacial score (nSPS) is 43.5. The highest BCUT2D eigenvalue weighted by Crippen LogP contribution is 2.63. The molecule has 8 nitrogen and oxygen atoms in total. The van der Waals surface area contributed by atoms with Crippen molar-refractivity contribution in [2.45, 2.75) is 56.5 Å². The van der Waals surface area contributed by atoms with Gasteiger partial charge in [0.2, 0.25) is 0 Å². The highest BCUT2D eigenvalue weighted by molar-refractivity contribution is 5.81. The molecule has 0 aromatic heterocycles. The average molecular weight is 406 g/mol. The number of carbonyl (C=O) groups excluding carboxylic acids is 3. The van der Waals surface area contributed by atoms with Crippen LogP contribution in [0.15, 0.2) is 23.8 Å². The van der Waals surface area contributed by atoms with Crippen LogP contribution in [0.4, 0.5) is 0 Å². The molecule has 2 aliphatic carbocycles. The van der Waals surface area contributed by atoms with Crippen LogP contribution in [0.25, 0.3) is 0 Å². The number of hydrogen-bond donors (Lipinski definition) is 2. The van der Waals surface area contributed by atoms with Gasteiger partial charge in [0.15, 0.2) is 5.60 Å². The standard InChI is InChI=1S/C21H26O8/c1-9(2)10(6-15(23)27-4)12-5-11-17-13(28-19(11)25)8-20(3,26)18(17)21(12)14(22)7-16(24)29-21/h5,10-11,13-14,17-18,22,26H,1,6-8H2,2-4H3/t10-,11-,13+,14-,17+,18+,20-,21-/m0/s1. The fourth-order valence-electron chi connectivity index (χ4n) is 5.99. The Labute approximate surface area is 168 Å². The van der Waals surface area contributed by atoms with Crippen LogP contribution < -0.4 is 0 Å². The third kappa shape index (κ3) is 2.69. The van der Waals surface area contributed by atoms with E-state index < -0.39 is 65.0 Å². The molecule has 2 saturated heterocycles. The maximum absolute atomic E-state index is 12.5. The Hall–Kier alpha value is -2.19. The van der Waals surface area contributed by atoms with Crippen LogP contribution in [0.5, 0.6) is 0 Å². The first-order chi connectivity index (χ1) is 13.5. The van der Waals surface area contributed by atoms with Crippen LogP contribution in [-0.4, -0.2) is 58.6 Å². The fraction of sp³-hybridized carbons (Fsp3) is 0.667. The molecular weight excluding hydrogens is 380 g/mol. The minimum atomic E-state index is -1.55. The summed E-state index contributed by atoms with van der Waals surface area (Å²) in [5, 5.41) is 22.3. The summed E-state index contributed by atoms with van der Waals surface area (Å²) >= 11 is 0. The first kappa shape index (κ1) is 20.1. The van der Waals surface area contributed by atoms with Gasteiger partial charge in [-0.3, -0.25) is 14.4 Å². The molecule has 0 radical (unpaired) electrons. The summed E-state index contributed by atoms with van der Waals surface area (Å²) in [6.07, 6.45) is -0.220. The van der Waals surface area contributed by atoms with E-state index in [0.29, 0.717) is 11.1 Å². The van der Waals surface area contributed by atoms with Crippen molar-refractivity contribution in [2.24, 2.45) is 23.7 Å². The number of ether oxygens (including phenoxy) is 3. The molecule has 0 unspecified atom stereocenters. The number of carbonyl (C=O) groups is 3. The van der Waals surface area contributed by atoms with Crippen LogP contribution >= 0.6 is 0 Å². The molecule has 0 amide bonds. The van der Waals surface area contributed by atoms with Gasteiger partial charge >= 0.3 is 17.9 Å². The van der Waals surface area contributed by atoms with Gasteiger partial charge in [-0.25, -0.2) is 0 Å². The number of rotatable bonds is 4. The zero-order valence-electron chi connectivity index (χ0n) is 16.7. The molecule has 0 aromatic carbocycles. The van der Waals surface area contributed by atoms with E-state index in [9.17, 15) is 24.6 Å². The largest absolute Gasteiger partial charge is 0.469 e. The Bertz CT molecular complexity index is 827. The number of aliphatic hydroxyl groups is 2. The van der Waals surface area contributed by atoms with E-state index >= 15 is 0 Å². The van der Waals surface area contributed by atoms with Gasteiger partial charge < -0.3 is 24.4 Å². The number of fused-ring (bicyclic) bond motifs is 1. The Kier molecular flexibility index (Phi) is 4.44. The lowest BCUT2D eigenvalue weighted by Gasteiger charge is -2.50. The van der Waals surface area contributed by atoms with Gasteiger partial charge in [0.25, 0.3) is 0 Å². The molecule has 0 aromatic rings. The van der Waals surface area contributed by atoms with Crippen LogP contribution in [0.1, 0.15) is 33.1 Å². The number of aliphatic hydroxyl groups excluding tert-OH is 1. The first-order valence-electron chi connectivity index (χ1n) is 9.80. The van der Waals surface area contributed by atoms with Gasteiger partial charge in [-0.2, -0.15) is 0 Å². The minimum Gasteiger partial charge on any atom is -0.469 e. The molecule has 2 N–H and O–H groups in total. The van der Waals surface area contributed by atoms with Crippen molar-refractivity contribution >= 4 is 17.9 Å². The SMILES string of the molecule is C=C(C)[C@H](CC(=O)OC)C1=C[C@@H]2C(=O)O[C@@H]3C[C@](C)(O)[C@@H]([C@H]23)[C@]12OC(=O)C[C@@H]2O. The maximum atomic E-state index is 12.5. The number of hydrogen-bond acceptors (Lipinski definition) is 8. The van der Waals surface area contributed by atoms with Crippen molar-refractivity contribution in [1.29, 1.82) is 0 Å². The molecule has 8 atom stereocenters. The predicted octanol–water partition coefficient (Wildman–Crippen LogP) is 0.657. The van der Waals surface area contributed by atoms with E-state index in [0.717, 1.165) is 0 Å². The average Bonchev–Trinajstić information content (AvgIpc) is 3.17. The van der Waals surface area contributed by atoms with Crippen molar-refractivity contribution < 1.29 is 38.8 Å². The molecule has 4 aliphatic rings. The number of methoxy groups -OCH3 is 1. The van der Waals surface area contributed by atoms with Gasteiger partial charge in [-0.15, -0.1) is 0 Å². The van der Waals surface area contributed by atoms with Crippen molar-refractivity contribution in [3.05, 3.63) is 23.8 Å². The van der Waals surface area contributed by atoms with Crippen LogP contribution in [0, 0.1) is 23.7 Å². The monoisotopic (exact) mass is 406 g/mol. The second-order valence-corrected chi connectivity index (χ2v) is 8.91. The van der Waals surface area contributed by atoms with Crippen molar-refractivity contribution in [2.75, 3.05) is 7.11 Å². The van der Waals surface area contributed by atoms with Gasteiger partial charge in [-0.1, -0.05) is 18.2 Å². The summed E-state index contributed by atoms with van der Waals surface area (Å²) in [5.74, 6) is -3.96. The van der Waals surface area contributed by atoms with Crippen molar-refractivity contribution in [3.63, 3.8) is 0 Å². The zero-order chi connectivity index (χ0) is 21.3. The van der Waals surface area contributed by atoms with Crippen molar-refractivity contribution in [1.82, 2.24) is 0 Å². The smallest absolute Gasteiger partial charge is 0.313 e. The molecule has 2 heterocycles. The zero-order valence-corrected chi connectivity index (χ0v) is 16.7. The molecule has 158 valence electrons. The predicted molar refractivity (Wildman–Crippen MR) is 98.1 cm³/mol. The lowest BCUT2D eigenvalue weighted by molar-refractivity contribution is -0.173. The van der Waals surface area contributed by atoms with Gasteiger partial charge in [0.1, 0.15) is 12.2 Å². The van der Waals surface area contributed by atoms with Crippen LogP contribution in [-0.2, 0) is 28.6 Å². The third-order valence-corrected chi connectivity index (χ3v) is 7.03. The Morgan fingerprint density at radius 3 is 2.69 bits per heavy atom. The van der Waals surface area contributed by atoms with E-state index in [-0.39, 0.29) is 19.3 Å². The summed E-state index contributed by atoms with van der Waals surface area (Å²) < 4.78 is 16.1. The molecule has 3 fully saturated rings. The second kappa shape index (κ2) is 6.40. The third-order valence-electron chi connectivity index (χ3n) is 7.03. The van der Waals surface area contributed by atoms with Gasteiger partial charge in [-0.05, 0) is 19.4 Å². The molecule has 8 heteroatoms. The summed E-state index contributed by atoms with van der Waals surface area (Å²) in [4.78, 5) is 36.9. The molecule has 1 saturated carbocycles. The van der Waals surface area contributed by atoms with E-state index in [1.165, 1.54) is 7.11 Å². The molecular formula is C21H26O8.